The minimum atomic E-state index is 0.938. The summed E-state index contributed by atoms with van der Waals surface area (Å²) in [6, 6.07) is 0. The molecule has 4 nitrogen and oxygen atoms in total. The third-order valence-electron chi connectivity index (χ3n) is 3.39. The summed E-state index contributed by atoms with van der Waals surface area (Å²) >= 11 is 0. The van der Waals surface area contributed by atoms with Crippen molar-refractivity contribution in [3.8, 4) is 0 Å². The van der Waals surface area contributed by atoms with Gasteiger partial charge in [0, 0.05) is 25.8 Å². The maximum atomic E-state index is 4.25. The highest BCUT2D eigenvalue weighted by molar-refractivity contribution is 4.98. The van der Waals surface area contributed by atoms with E-state index < -0.39 is 0 Å². The molecule has 1 aromatic rings. The Morgan fingerprint density at radius 2 is 2.12 bits per heavy atom. The molecular formula is C13H24N4. The molecule has 4 heteroatoms. The van der Waals surface area contributed by atoms with Crippen LogP contribution in [0.1, 0.15) is 31.9 Å². The van der Waals surface area contributed by atoms with Gasteiger partial charge in [-0.05, 0) is 38.9 Å². The summed E-state index contributed by atoms with van der Waals surface area (Å²) in [6.07, 6.45) is 7.86. The molecule has 0 unspecified atom stereocenters. The second-order valence-electron chi connectivity index (χ2n) is 4.80. The van der Waals surface area contributed by atoms with E-state index in [9.17, 15) is 0 Å². The van der Waals surface area contributed by atoms with E-state index in [1.54, 1.807) is 0 Å². The standard InChI is InChI=1S/C13H24N4/c1-2-5-14-10-13-11-15-12-17(13)9-8-16-6-3-4-7-16/h11-12,14H,2-10H2,1H3. The van der Waals surface area contributed by atoms with Crippen LogP contribution in [0.15, 0.2) is 12.5 Å². The van der Waals surface area contributed by atoms with E-state index in [0.717, 1.165) is 26.2 Å². The van der Waals surface area contributed by atoms with Gasteiger partial charge < -0.3 is 14.8 Å². The second-order valence-corrected chi connectivity index (χ2v) is 4.80. The van der Waals surface area contributed by atoms with Crippen LogP contribution in [0.2, 0.25) is 0 Å². The summed E-state index contributed by atoms with van der Waals surface area (Å²) in [5.41, 5.74) is 1.30. The zero-order valence-corrected chi connectivity index (χ0v) is 10.9. The van der Waals surface area contributed by atoms with Gasteiger partial charge in [0.2, 0.25) is 0 Å². The van der Waals surface area contributed by atoms with Crippen LogP contribution in [-0.4, -0.2) is 40.6 Å². The average Bonchev–Trinajstić information content (AvgIpc) is 2.97. The van der Waals surface area contributed by atoms with Gasteiger partial charge in [-0.25, -0.2) is 4.98 Å². The summed E-state index contributed by atoms with van der Waals surface area (Å²) < 4.78 is 2.28. The van der Waals surface area contributed by atoms with Crippen molar-refractivity contribution in [2.75, 3.05) is 26.2 Å². The molecule has 1 aliphatic rings. The maximum absolute atomic E-state index is 4.25. The van der Waals surface area contributed by atoms with Crippen LogP contribution in [-0.2, 0) is 13.1 Å². The zero-order chi connectivity index (χ0) is 11.9. The van der Waals surface area contributed by atoms with Crippen molar-refractivity contribution in [3.63, 3.8) is 0 Å². The van der Waals surface area contributed by atoms with Crippen molar-refractivity contribution in [1.29, 1.82) is 0 Å². The number of nitrogens with zero attached hydrogens (tertiary/aromatic N) is 3. The Bertz CT molecular complexity index is 315. The van der Waals surface area contributed by atoms with Crippen LogP contribution >= 0.6 is 0 Å². The van der Waals surface area contributed by atoms with Crippen molar-refractivity contribution in [1.82, 2.24) is 19.8 Å². The fourth-order valence-electron chi connectivity index (χ4n) is 2.35. The predicted molar refractivity (Wildman–Crippen MR) is 69.9 cm³/mol. The Kier molecular flexibility index (Phi) is 5.01. The molecule has 1 N–H and O–H groups in total. The van der Waals surface area contributed by atoms with Gasteiger partial charge in [-0.15, -0.1) is 0 Å². The first-order chi connectivity index (χ1) is 8.40. The number of rotatable bonds is 7. The molecule has 0 saturated carbocycles. The van der Waals surface area contributed by atoms with Gasteiger partial charge in [0.1, 0.15) is 0 Å². The molecule has 0 radical (unpaired) electrons. The molecule has 17 heavy (non-hydrogen) atoms. The number of hydrogen-bond donors (Lipinski definition) is 1. The molecule has 1 fully saturated rings. The van der Waals surface area contributed by atoms with Crippen LogP contribution in [0.4, 0.5) is 0 Å². The van der Waals surface area contributed by atoms with Crippen molar-refractivity contribution < 1.29 is 0 Å². The van der Waals surface area contributed by atoms with Crippen LogP contribution < -0.4 is 5.32 Å². The molecule has 2 heterocycles. The summed E-state index contributed by atoms with van der Waals surface area (Å²) in [7, 11) is 0. The fourth-order valence-corrected chi connectivity index (χ4v) is 2.35. The zero-order valence-electron chi connectivity index (χ0n) is 10.9. The number of nitrogens with one attached hydrogen (secondary N) is 1. The average molecular weight is 236 g/mol. The van der Waals surface area contributed by atoms with Gasteiger partial charge in [-0.1, -0.05) is 6.92 Å². The first-order valence-electron chi connectivity index (χ1n) is 6.82. The molecule has 2 rings (SSSR count). The first kappa shape index (κ1) is 12.6. The Hall–Kier alpha value is -0.870. The van der Waals surface area contributed by atoms with Crippen LogP contribution in [0.5, 0.6) is 0 Å². The van der Waals surface area contributed by atoms with Crippen LogP contribution in [0.25, 0.3) is 0 Å². The topological polar surface area (TPSA) is 33.1 Å². The summed E-state index contributed by atoms with van der Waals surface area (Å²) in [4.78, 5) is 6.80. The minimum absolute atomic E-state index is 0.938. The summed E-state index contributed by atoms with van der Waals surface area (Å²) in [5.74, 6) is 0. The third kappa shape index (κ3) is 3.82. The highest BCUT2D eigenvalue weighted by atomic mass is 15.2. The number of likely N-dealkylation sites (tertiary alicyclic amines) is 1. The quantitative estimate of drug-likeness (QED) is 0.728. The summed E-state index contributed by atoms with van der Waals surface area (Å²) in [6.45, 7) is 9.00. The van der Waals surface area contributed by atoms with Crippen LogP contribution in [0, 0.1) is 0 Å². The third-order valence-corrected chi connectivity index (χ3v) is 3.39. The van der Waals surface area contributed by atoms with Gasteiger partial charge in [-0.3, -0.25) is 0 Å². The van der Waals surface area contributed by atoms with E-state index in [1.807, 2.05) is 12.5 Å². The Morgan fingerprint density at radius 3 is 2.88 bits per heavy atom. The number of hydrogen-bond acceptors (Lipinski definition) is 3. The Balaban J connectivity index is 1.76. The SMILES string of the molecule is CCCNCc1cncn1CCN1CCCC1. The molecule has 0 spiro atoms. The van der Waals surface area contributed by atoms with E-state index in [2.05, 4.69) is 26.7 Å². The minimum Gasteiger partial charge on any atom is -0.332 e. The van der Waals surface area contributed by atoms with E-state index in [4.69, 9.17) is 0 Å². The lowest BCUT2D eigenvalue weighted by Crippen LogP contribution is -2.25. The molecule has 0 atom stereocenters. The Morgan fingerprint density at radius 1 is 1.29 bits per heavy atom. The van der Waals surface area contributed by atoms with Gasteiger partial charge in [-0.2, -0.15) is 0 Å². The molecule has 0 amide bonds. The van der Waals surface area contributed by atoms with Crippen molar-refractivity contribution in [3.05, 3.63) is 18.2 Å². The van der Waals surface area contributed by atoms with Crippen molar-refractivity contribution in [2.45, 2.75) is 39.3 Å². The molecule has 0 bridgehead atoms. The highest BCUT2D eigenvalue weighted by Gasteiger charge is 2.11. The molecule has 0 aliphatic carbocycles. The smallest absolute Gasteiger partial charge is 0.0949 e. The lowest BCUT2D eigenvalue weighted by atomic mass is 10.4. The van der Waals surface area contributed by atoms with E-state index in [1.165, 1.54) is 38.0 Å². The predicted octanol–water partition coefficient (Wildman–Crippen LogP) is 1.48. The molecule has 1 aromatic heterocycles. The first-order valence-corrected chi connectivity index (χ1v) is 6.82. The molecule has 96 valence electrons. The molecule has 1 aliphatic heterocycles. The lowest BCUT2D eigenvalue weighted by molar-refractivity contribution is 0.320. The van der Waals surface area contributed by atoms with E-state index in [-0.39, 0.29) is 0 Å². The molecule has 0 aromatic carbocycles. The Labute approximate surface area is 104 Å². The van der Waals surface area contributed by atoms with Gasteiger partial charge >= 0.3 is 0 Å². The highest BCUT2D eigenvalue weighted by Crippen LogP contribution is 2.07. The number of imidazole rings is 1. The molecule has 1 saturated heterocycles. The number of aromatic nitrogens is 2. The monoisotopic (exact) mass is 236 g/mol. The fraction of sp³-hybridized carbons (Fsp3) is 0.769. The normalized spacial score (nSPS) is 16.8. The summed E-state index contributed by atoms with van der Waals surface area (Å²) in [5, 5.41) is 3.43. The lowest BCUT2D eigenvalue weighted by Gasteiger charge is -2.16. The van der Waals surface area contributed by atoms with E-state index in [0.29, 0.717) is 0 Å². The van der Waals surface area contributed by atoms with Gasteiger partial charge in [0.25, 0.3) is 0 Å². The van der Waals surface area contributed by atoms with Crippen molar-refractivity contribution >= 4 is 0 Å². The second kappa shape index (κ2) is 6.77. The van der Waals surface area contributed by atoms with Crippen LogP contribution in [0.3, 0.4) is 0 Å². The van der Waals surface area contributed by atoms with Gasteiger partial charge in [0.15, 0.2) is 0 Å². The maximum Gasteiger partial charge on any atom is 0.0949 e. The van der Waals surface area contributed by atoms with E-state index >= 15 is 0 Å². The molecular weight excluding hydrogens is 212 g/mol. The largest absolute Gasteiger partial charge is 0.332 e. The van der Waals surface area contributed by atoms with Crippen molar-refractivity contribution in [2.24, 2.45) is 0 Å². The van der Waals surface area contributed by atoms with Gasteiger partial charge in [0.05, 0.1) is 12.0 Å².